The summed E-state index contributed by atoms with van der Waals surface area (Å²) < 4.78 is 0. The SMILES string of the molecule is Cc1ccc(C(C)NC(=O)NCC(C)(O)c2ccsc2)cc1. The molecule has 0 saturated heterocycles. The summed E-state index contributed by atoms with van der Waals surface area (Å²) in [6, 6.07) is 9.53. The molecule has 1 aromatic carbocycles. The highest BCUT2D eigenvalue weighted by Gasteiger charge is 2.24. The fourth-order valence-corrected chi connectivity index (χ4v) is 2.89. The van der Waals surface area contributed by atoms with Crippen molar-refractivity contribution in [1.82, 2.24) is 10.6 Å². The number of aliphatic hydroxyl groups is 1. The molecule has 0 spiro atoms. The van der Waals surface area contributed by atoms with E-state index >= 15 is 0 Å². The van der Waals surface area contributed by atoms with E-state index in [1.165, 1.54) is 16.9 Å². The van der Waals surface area contributed by atoms with Crippen LogP contribution in [0.4, 0.5) is 4.79 Å². The van der Waals surface area contributed by atoms with Crippen LogP contribution in [0.3, 0.4) is 0 Å². The summed E-state index contributed by atoms with van der Waals surface area (Å²) in [6.45, 7) is 5.82. The average molecular weight is 318 g/mol. The maximum atomic E-state index is 12.0. The van der Waals surface area contributed by atoms with Crippen molar-refractivity contribution < 1.29 is 9.90 Å². The van der Waals surface area contributed by atoms with Crippen molar-refractivity contribution in [3.8, 4) is 0 Å². The maximum absolute atomic E-state index is 12.0. The van der Waals surface area contributed by atoms with Gasteiger partial charge in [0, 0.05) is 0 Å². The van der Waals surface area contributed by atoms with Gasteiger partial charge in [-0.1, -0.05) is 29.8 Å². The van der Waals surface area contributed by atoms with Crippen LogP contribution in [0.25, 0.3) is 0 Å². The predicted octanol–water partition coefficient (Wildman–Crippen LogP) is 3.32. The monoisotopic (exact) mass is 318 g/mol. The van der Waals surface area contributed by atoms with Gasteiger partial charge in [0.05, 0.1) is 12.6 Å². The van der Waals surface area contributed by atoms with E-state index in [-0.39, 0.29) is 18.6 Å². The number of hydrogen-bond donors (Lipinski definition) is 3. The van der Waals surface area contributed by atoms with Crippen LogP contribution < -0.4 is 10.6 Å². The molecule has 0 aliphatic carbocycles. The molecule has 2 atom stereocenters. The minimum absolute atomic E-state index is 0.0910. The number of hydrogen-bond acceptors (Lipinski definition) is 3. The van der Waals surface area contributed by atoms with Crippen LogP contribution in [-0.2, 0) is 5.60 Å². The van der Waals surface area contributed by atoms with Crippen molar-refractivity contribution in [2.45, 2.75) is 32.4 Å². The van der Waals surface area contributed by atoms with Crippen LogP contribution >= 0.6 is 11.3 Å². The van der Waals surface area contributed by atoms with E-state index in [1.54, 1.807) is 6.92 Å². The summed E-state index contributed by atoms with van der Waals surface area (Å²) in [5, 5.41) is 19.8. The number of rotatable bonds is 5. The zero-order valence-electron chi connectivity index (χ0n) is 13.1. The highest BCUT2D eigenvalue weighted by atomic mass is 32.1. The number of benzene rings is 1. The van der Waals surface area contributed by atoms with Gasteiger partial charge in [-0.05, 0) is 48.7 Å². The van der Waals surface area contributed by atoms with E-state index in [1.807, 2.05) is 54.9 Å². The van der Waals surface area contributed by atoms with Crippen LogP contribution in [0.15, 0.2) is 41.1 Å². The Morgan fingerprint density at radius 2 is 2.00 bits per heavy atom. The molecule has 2 aromatic rings. The number of nitrogens with one attached hydrogen (secondary N) is 2. The molecule has 0 aliphatic rings. The van der Waals surface area contributed by atoms with E-state index in [2.05, 4.69) is 10.6 Å². The van der Waals surface area contributed by atoms with Crippen molar-refractivity contribution in [2.24, 2.45) is 0 Å². The van der Waals surface area contributed by atoms with E-state index in [0.29, 0.717) is 0 Å². The lowest BCUT2D eigenvalue weighted by molar-refractivity contribution is 0.0597. The quantitative estimate of drug-likeness (QED) is 0.792. The highest BCUT2D eigenvalue weighted by molar-refractivity contribution is 7.08. The molecule has 118 valence electrons. The third kappa shape index (κ3) is 4.32. The molecule has 4 nitrogen and oxygen atoms in total. The molecule has 0 saturated carbocycles. The van der Waals surface area contributed by atoms with Crippen molar-refractivity contribution in [3.63, 3.8) is 0 Å². The maximum Gasteiger partial charge on any atom is 0.315 e. The molecule has 2 amide bonds. The van der Waals surface area contributed by atoms with Gasteiger partial charge < -0.3 is 15.7 Å². The van der Waals surface area contributed by atoms with E-state index in [9.17, 15) is 9.90 Å². The second-order valence-corrected chi connectivity index (χ2v) is 6.53. The molecule has 3 N–H and O–H groups in total. The Bertz CT molecular complexity index is 606. The average Bonchev–Trinajstić information content (AvgIpc) is 3.01. The lowest BCUT2D eigenvalue weighted by Crippen LogP contribution is -2.44. The minimum atomic E-state index is -1.07. The first-order valence-corrected chi connectivity index (χ1v) is 8.19. The lowest BCUT2D eigenvalue weighted by Gasteiger charge is -2.23. The Morgan fingerprint density at radius 3 is 2.59 bits per heavy atom. The van der Waals surface area contributed by atoms with Gasteiger partial charge in [0.25, 0.3) is 0 Å². The molecule has 2 rings (SSSR count). The zero-order chi connectivity index (χ0) is 16.2. The molecule has 1 heterocycles. The first-order valence-electron chi connectivity index (χ1n) is 7.24. The summed E-state index contributed by atoms with van der Waals surface area (Å²) in [4.78, 5) is 12.0. The first kappa shape index (κ1) is 16.5. The molecular formula is C17H22N2O2S. The fraction of sp³-hybridized carbons (Fsp3) is 0.353. The zero-order valence-corrected chi connectivity index (χ0v) is 13.9. The van der Waals surface area contributed by atoms with E-state index in [0.717, 1.165) is 11.1 Å². The largest absolute Gasteiger partial charge is 0.384 e. The molecule has 5 heteroatoms. The molecular weight excluding hydrogens is 296 g/mol. The van der Waals surface area contributed by atoms with Gasteiger partial charge in [-0.2, -0.15) is 11.3 Å². The number of amides is 2. The van der Waals surface area contributed by atoms with Gasteiger partial charge in [0.15, 0.2) is 0 Å². The molecule has 22 heavy (non-hydrogen) atoms. The fourth-order valence-electron chi connectivity index (χ4n) is 2.11. The summed E-state index contributed by atoms with van der Waals surface area (Å²) >= 11 is 1.52. The number of aryl methyl sites for hydroxylation is 1. The van der Waals surface area contributed by atoms with Crippen LogP contribution in [-0.4, -0.2) is 17.7 Å². The Balaban J connectivity index is 1.86. The van der Waals surface area contributed by atoms with E-state index < -0.39 is 5.60 Å². The number of carbonyl (C=O) groups is 1. The van der Waals surface area contributed by atoms with Crippen LogP contribution in [0, 0.1) is 6.92 Å². The second-order valence-electron chi connectivity index (χ2n) is 5.75. The second kappa shape index (κ2) is 6.94. The Kier molecular flexibility index (Phi) is 5.21. The molecule has 0 radical (unpaired) electrons. The van der Waals surface area contributed by atoms with Gasteiger partial charge in [0.2, 0.25) is 0 Å². The third-order valence-corrected chi connectivity index (χ3v) is 4.34. The first-order chi connectivity index (χ1) is 10.4. The van der Waals surface area contributed by atoms with Gasteiger partial charge >= 0.3 is 6.03 Å². The summed E-state index contributed by atoms with van der Waals surface area (Å²) in [7, 11) is 0. The van der Waals surface area contributed by atoms with Crippen molar-refractivity contribution >= 4 is 17.4 Å². The predicted molar refractivity (Wildman–Crippen MR) is 90.0 cm³/mol. The van der Waals surface area contributed by atoms with Crippen molar-refractivity contribution in [2.75, 3.05) is 6.54 Å². The van der Waals surface area contributed by atoms with Gasteiger partial charge in [-0.15, -0.1) is 0 Å². The minimum Gasteiger partial charge on any atom is -0.384 e. The summed E-state index contributed by atoms with van der Waals surface area (Å²) in [5.74, 6) is 0. The van der Waals surface area contributed by atoms with Gasteiger partial charge in [0.1, 0.15) is 5.60 Å². The molecule has 0 fully saturated rings. The summed E-state index contributed by atoms with van der Waals surface area (Å²) in [5.41, 5.74) is 1.98. The number of urea groups is 1. The molecule has 0 bridgehead atoms. The van der Waals surface area contributed by atoms with Crippen LogP contribution in [0.1, 0.15) is 36.6 Å². The standard InChI is InChI=1S/C17H22N2O2S/c1-12-4-6-14(7-5-12)13(2)19-16(20)18-11-17(3,21)15-8-9-22-10-15/h4-10,13,21H,11H2,1-3H3,(H2,18,19,20). The Morgan fingerprint density at radius 1 is 1.32 bits per heavy atom. The van der Waals surface area contributed by atoms with E-state index in [4.69, 9.17) is 0 Å². The number of thiophene rings is 1. The van der Waals surface area contributed by atoms with Gasteiger partial charge in [-0.25, -0.2) is 4.79 Å². The normalized spacial score (nSPS) is 14.9. The smallest absolute Gasteiger partial charge is 0.315 e. The van der Waals surface area contributed by atoms with Crippen molar-refractivity contribution in [3.05, 3.63) is 57.8 Å². The number of carbonyl (C=O) groups excluding carboxylic acids is 1. The van der Waals surface area contributed by atoms with Crippen LogP contribution in [0.5, 0.6) is 0 Å². The Hall–Kier alpha value is -1.85. The molecule has 1 aromatic heterocycles. The topological polar surface area (TPSA) is 61.4 Å². The van der Waals surface area contributed by atoms with Crippen molar-refractivity contribution in [1.29, 1.82) is 0 Å². The van der Waals surface area contributed by atoms with Gasteiger partial charge in [-0.3, -0.25) is 0 Å². The summed E-state index contributed by atoms with van der Waals surface area (Å²) in [6.07, 6.45) is 0. The lowest BCUT2D eigenvalue weighted by atomic mass is 9.99. The third-order valence-electron chi connectivity index (χ3n) is 3.66. The van der Waals surface area contributed by atoms with Crippen LogP contribution in [0.2, 0.25) is 0 Å². The molecule has 0 aliphatic heterocycles. The Labute approximate surface area is 135 Å². The highest BCUT2D eigenvalue weighted by Crippen LogP contribution is 2.22. The molecule has 2 unspecified atom stereocenters.